The lowest BCUT2D eigenvalue weighted by molar-refractivity contribution is -0.153. The molecule has 0 aliphatic heterocycles. The third-order valence-electron chi connectivity index (χ3n) is 3.83. The van der Waals surface area contributed by atoms with Crippen LogP contribution in [0.2, 0.25) is 0 Å². The molecule has 154 valence electrons. The molecule has 0 bridgehead atoms. The normalized spacial score (nSPS) is 11.3. The fraction of sp³-hybridized carbons (Fsp3) is 0.250. The molecule has 0 aliphatic rings. The van der Waals surface area contributed by atoms with E-state index < -0.39 is 35.5 Å². The highest BCUT2D eigenvalue weighted by Gasteiger charge is 2.19. The van der Waals surface area contributed by atoms with Crippen LogP contribution in [-0.2, 0) is 14.3 Å². The Morgan fingerprint density at radius 2 is 1.79 bits per heavy atom. The van der Waals surface area contributed by atoms with Gasteiger partial charge in [0.15, 0.2) is 17.7 Å². The van der Waals surface area contributed by atoms with Crippen LogP contribution in [0.3, 0.4) is 0 Å². The molecule has 0 spiro atoms. The molecule has 0 aromatic heterocycles. The number of nitrogens with one attached hydrogen (secondary N) is 2. The second-order valence-corrected chi connectivity index (χ2v) is 5.96. The van der Waals surface area contributed by atoms with Gasteiger partial charge in [0.1, 0.15) is 5.75 Å². The highest BCUT2D eigenvalue weighted by Crippen LogP contribution is 2.17. The first kappa shape index (κ1) is 21.8. The summed E-state index contributed by atoms with van der Waals surface area (Å²) in [6.45, 7) is 1.33. The maximum absolute atomic E-state index is 13.2. The van der Waals surface area contributed by atoms with E-state index in [4.69, 9.17) is 9.47 Å². The van der Waals surface area contributed by atoms with E-state index in [-0.39, 0.29) is 18.7 Å². The van der Waals surface area contributed by atoms with Crippen molar-refractivity contribution in [2.75, 3.05) is 19.0 Å². The van der Waals surface area contributed by atoms with Crippen molar-refractivity contribution in [3.63, 3.8) is 0 Å². The van der Waals surface area contributed by atoms with Crippen LogP contribution in [0.15, 0.2) is 42.5 Å². The third kappa shape index (κ3) is 6.27. The molecule has 0 aliphatic carbocycles. The van der Waals surface area contributed by atoms with Crippen molar-refractivity contribution in [1.29, 1.82) is 0 Å². The van der Waals surface area contributed by atoms with Crippen molar-refractivity contribution in [3.8, 4) is 5.75 Å². The lowest BCUT2D eigenvalue weighted by Crippen LogP contribution is -2.32. The molecule has 2 rings (SSSR count). The van der Waals surface area contributed by atoms with Gasteiger partial charge in [0.2, 0.25) is 0 Å². The van der Waals surface area contributed by atoms with Gasteiger partial charge in [-0.25, -0.2) is 8.78 Å². The quantitative estimate of drug-likeness (QED) is 0.658. The number of methoxy groups -OCH3 is 1. The lowest BCUT2D eigenvalue weighted by Gasteiger charge is -2.14. The molecule has 2 aromatic carbocycles. The summed E-state index contributed by atoms with van der Waals surface area (Å²) in [7, 11) is 1.44. The number of para-hydroxylation sites is 1. The summed E-state index contributed by atoms with van der Waals surface area (Å²) in [5.41, 5.74) is 0.350. The number of halogens is 2. The number of anilines is 1. The molecular formula is C20H20F2N2O5. The molecule has 1 atom stereocenters. The molecule has 0 radical (unpaired) electrons. The van der Waals surface area contributed by atoms with Crippen molar-refractivity contribution < 1.29 is 32.6 Å². The van der Waals surface area contributed by atoms with Crippen LogP contribution in [0, 0.1) is 11.6 Å². The Labute approximate surface area is 166 Å². The Morgan fingerprint density at radius 1 is 1.07 bits per heavy atom. The van der Waals surface area contributed by atoms with E-state index in [0.29, 0.717) is 11.3 Å². The number of carbonyl (C=O) groups is 3. The molecule has 2 N–H and O–H groups in total. The zero-order valence-corrected chi connectivity index (χ0v) is 15.8. The summed E-state index contributed by atoms with van der Waals surface area (Å²) in [6, 6.07) is 9.48. The summed E-state index contributed by atoms with van der Waals surface area (Å²) in [5.74, 6) is -3.59. The van der Waals surface area contributed by atoms with Gasteiger partial charge < -0.3 is 20.1 Å². The number of hydrogen-bond acceptors (Lipinski definition) is 5. The van der Waals surface area contributed by atoms with Gasteiger partial charge in [-0.05, 0) is 31.2 Å². The van der Waals surface area contributed by atoms with E-state index in [9.17, 15) is 23.2 Å². The summed E-state index contributed by atoms with van der Waals surface area (Å²) < 4.78 is 36.1. The van der Waals surface area contributed by atoms with Crippen LogP contribution in [-0.4, -0.2) is 37.5 Å². The monoisotopic (exact) mass is 406 g/mol. The number of esters is 1. The second kappa shape index (κ2) is 10.2. The minimum absolute atomic E-state index is 0.00672. The zero-order valence-electron chi connectivity index (χ0n) is 15.8. The molecule has 0 unspecified atom stereocenters. The van der Waals surface area contributed by atoms with Crippen molar-refractivity contribution in [1.82, 2.24) is 5.32 Å². The number of benzene rings is 2. The van der Waals surface area contributed by atoms with Gasteiger partial charge in [-0.1, -0.05) is 12.1 Å². The summed E-state index contributed by atoms with van der Waals surface area (Å²) >= 11 is 0. The third-order valence-corrected chi connectivity index (χ3v) is 3.83. The molecule has 9 heteroatoms. The molecule has 0 saturated heterocycles. The SMILES string of the molecule is COc1ccccc1C(=O)NCCC(=O)O[C@H](C)C(=O)Nc1ccc(F)c(F)c1. The van der Waals surface area contributed by atoms with Gasteiger partial charge in [0.05, 0.1) is 19.1 Å². The summed E-state index contributed by atoms with van der Waals surface area (Å²) in [4.78, 5) is 36.0. The van der Waals surface area contributed by atoms with E-state index in [2.05, 4.69) is 10.6 Å². The van der Waals surface area contributed by atoms with Gasteiger partial charge >= 0.3 is 5.97 Å². The van der Waals surface area contributed by atoms with Crippen molar-refractivity contribution in [2.24, 2.45) is 0 Å². The molecule has 29 heavy (non-hydrogen) atoms. The van der Waals surface area contributed by atoms with Gasteiger partial charge in [-0.3, -0.25) is 14.4 Å². The summed E-state index contributed by atoms with van der Waals surface area (Å²) in [5, 5.41) is 4.88. The number of ether oxygens (including phenoxy) is 2. The fourth-order valence-electron chi connectivity index (χ4n) is 2.33. The van der Waals surface area contributed by atoms with Crippen LogP contribution in [0.25, 0.3) is 0 Å². The molecular weight excluding hydrogens is 386 g/mol. The molecule has 0 fully saturated rings. The predicted molar refractivity (Wildman–Crippen MR) is 100 cm³/mol. The maximum Gasteiger partial charge on any atom is 0.308 e. The minimum atomic E-state index is -1.17. The van der Waals surface area contributed by atoms with E-state index in [1.807, 2.05) is 0 Å². The topological polar surface area (TPSA) is 93.7 Å². The van der Waals surface area contributed by atoms with Crippen LogP contribution in [0.5, 0.6) is 5.75 Å². The number of amides is 2. The van der Waals surface area contributed by atoms with Crippen LogP contribution in [0.1, 0.15) is 23.7 Å². The van der Waals surface area contributed by atoms with Crippen molar-refractivity contribution >= 4 is 23.5 Å². The molecule has 0 saturated carbocycles. The van der Waals surface area contributed by atoms with Gasteiger partial charge in [0, 0.05) is 18.3 Å². The van der Waals surface area contributed by atoms with E-state index in [1.54, 1.807) is 24.3 Å². The van der Waals surface area contributed by atoms with Crippen LogP contribution in [0.4, 0.5) is 14.5 Å². The molecule has 7 nitrogen and oxygen atoms in total. The van der Waals surface area contributed by atoms with Gasteiger partial charge in [-0.2, -0.15) is 0 Å². The second-order valence-electron chi connectivity index (χ2n) is 5.96. The van der Waals surface area contributed by atoms with E-state index in [1.165, 1.54) is 20.1 Å². The average molecular weight is 406 g/mol. The maximum atomic E-state index is 13.2. The van der Waals surface area contributed by atoms with E-state index in [0.717, 1.165) is 12.1 Å². The largest absolute Gasteiger partial charge is 0.496 e. The van der Waals surface area contributed by atoms with E-state index >= 15 is 0 Å². The van der Waals surface area contributed by atoms with Gasteiger partial charge in [0.25, 0.3) is 11.8 Å². The van der Waals surface area contributed by atoms with Crippen molar-refractivity contribution in [3.05, 3.63) is 59.7 Å². The Balaban J connectivity index is 1.78. The Hall–Kier alpha value is -3.49. The number of rotatable bonds is 8. The summed E-state index contributed by atoms with van der Waals surface area (Å²) in [6.07, 6.45) is -1.33. The smallest absolute Gasteiger partial charge is 0.308 e. The van der Waals surface area contributed by atoms with Crippen LogP contribution >= 0.6 is 0 Å². The average Bonchev–Trinajstić information content (AvgIpc) is 2.70. The zero-order chi connectivity index (χ0) is 21.4. The standard InChI is InChI=1S/C20H20F2N2O5/c1-12(19(26)24-13-7-8-15(21)16(22)11-13)29-18(25)9-10-23-20(27)14-5-3-4-6-17(14)28-2/h3-8,11-12H,9-10H2,1-2H3,(H,23,27)(H,24,26)/t12-/m1/s1. The van der Waals surface area contributed by atoms with Crippen LogP contribution < -0.4 is 15.4 Å². The van der Waals surface area contributed by atoms with Gasteiger partial charge in [-0.15, -0.1) is 0 Å². The Bertz CT molecular complexity index is 904. The molecule has 2 amide bonds. The first-order valence-corrected chi connectivity index (χ1v) is 8.68. The minimum Gasteiger partial charge on any atom is -0.496 e. The predicted octanol–water partition coefficient (Wildman–Crippen LogP) is 2.66. The molecule has 0 heterocycles. The first-order chi connectivity index (χ1) is 13.8. The first-order valence-electron chi connectivity index (χ1n) is 8.68. The highest BCUT2D eigenvalue weighted by atomic mass is 19.2. The Kier molecular flexibility index (Phi) is 7.64. The number of hydrogen-bond donors (Lipinski definition) is 2. The molecule has 2 aromatic rings. The van der Waals surface area contributed by atoms with Crippen molar-refractivity contribution in [2.45, 2.75) is 19.4 Å². The Morgan fingerprint density at radius 3 is 2.48 bits per heavy atom. The lowest BCUT2D eigenvalue weighted by atomic mass is 10.2. The fourth-order valence-corrected chi connectivity index (χ4v) is 2.33. The number of carbonyl (C=O) groups excluding carboxylic acids is 3. The highest BCUT2D eigenvalue weighted by molar-refractivity contribution is 5.97.